The van der Waals surface area contributed by atoms with Gasteiger partial charge in [0.2, 0.25) is 4.96 Å². The Bertz CT molecular complexity index is 1900. The third-order valence-corrected chi connectivity index (χ3v) is 7.09. The zero-order chi connectivity index (χ0) is 25.6. The monoisotopic (exact) mass is 524 g/mol. The van der Waals surface area contributed by atoms with Crippen LogP contribution in [0.15, 0.2) is 77.7 Å². The van der Waals surface area contributed by atoms with Crippen LogP contribution in [-0.4, -0.2) is 43.4 Å². The van der Waals surface area contributed by atoms with Gasteiger partial charge in [0.05, 0.1) is 25.8 Å². The zero-order valence-corrected chi connectivity index (χ0v) is 21.2. The second-order valence-electron chi connectivity index (χ2n) is 8.58. The smallest absolute Gasteiger partial charge is 0.294 e. The Kier molecular flexibility index (Phi) is 5.22. The molecule has 0 radical (unpaired) electrons. The van der Waals surface area contributed by atoms with Crippen LogP contribution < -0.4 is 14.2 Å². The van der Waals surface area contributed by atoms with Crippen molar-refractivity contribution in [1.29, 1.82) is 0 Å². The van der Waals surface area contributed by atoms with Crippen molar-refractivity contribution in [3.63, 3.8) is 0 Å². The first-order valence-corrected chi connectivity index (χ1v) is 12.5. The average Bonchev–Trinajstić information content (AvgIpc) is 3.73. The van der Waals surface area contributed by atoms with Crippen LogP contribution in [0.1, 0.15) is 5.56 Å². The van der Waals surface area contributed by atoms with Gasteiger partial charge in [-0.25, -0.2) is 9.50 Å². The second kappa shape index (κ2) is 8.89. The van der Waals surface area contributed by atoms with E-state index >= 15 is 0 Å². The number of imidazole rings is 1. The normalized spacial score (nSPS) is 11.5. The number of hydrogen-bond donors (Lipinski definition) is 0. The minimum Gasteiger partial charge on any atom is -0.496 e. The van der Waals surface area contributed by atoms with Crippen LogP contribution in [0.4, 0.5) is 0 Å². The van der Waals surface area contributed by atoms with Crippen LogP contribution in [0.25, 0.3) is 44.2 Å². The molecule has 0 aliphatic heterocycles. The molecule has 0 saturated carbocycles. The van der Waals surface area contributed by atoms with Gasteiger partial charge in [-0.2, -0.15) is 0 Å². The first-order chi connectivity index (χ1) is 18.7. The molecule has 0 atom stereocenters. The van der Waals surface area contributed by atoms with Crippen molar-refractivity contribution in [3.8, 4) is 39.3 Å². The minimum atomic E-state index is 0.370. The van der Waals surface area contributed by atoms with Crippen LogP contribution in [0.3, 0.4) is 0 Å². The topological polar surface area (TPSA) is 101 Å². The molecule has 0 bridgehead atoms. The summed E-state index contributed by atoms with van der Waals surface area (Å²) in [6.07, 6.45) is 5.52. The van der Waals surface area contributed by atoms with E-state index < -0.39 is 0 Å². The second-order valence-corrected chi connectivity index (χ2v) is 9.50. The number of rotatable bonds is 7. The summed E-state index contributed by atoms with van der Waals surface area (Å²) in [5.41, 5.74) is 5.29. The average molecular weight is 525 g/mol. The highest BCUT2D eigenvalue weighted by Gasteiger charge is 2.17. The minimum absolute atomic E-state index is 0.370. The number of benzene rings is 2. The predicted octanol–water partition coefficient (Wildman–Crippen LogP) is 5.51. The highest BCUT2D eigenvalue weighted by molar-refractivity contribution is 7.18. The molecule has 0 aliphatic carbocycles. The highest BCUT2D eigenvalue weighted by atomic mass is 32.1. The van der Waals surface area contributed by atoms with Crippen molar-refractivity contribution >= 4 is 32.9 Å². The van der Waals surface area contributed by atoms with E-state index in [1.54, 1.807) is 25.1 Å². The molecule has 5 heterocycles. The van der Waals surface area contributed by atoms with Gasteiger partial charge in [-0.1, -0.05) is 18.2 Å². The van der Waals surface area contributed by atoms with Gasteiger partial charge >= 0.3 is 0 Å². The Hall–Kier alpha value is -4.90. The van der Waals surface area contributed by atoms with Gasteiger partial charge in [-0.15, -0.1) is 15.3 Å². The van der Waals surface area contributed by atoms with Gasteiger partial charge in [0.15, 0.2) is 11.4 Å². The van der Waals surface area contributed by atoms with Crippen molar-refractivity contribution in [3.05, 3.63) is 78.9 Å². The van der Waals surface area contributed by atoms with Gasteiger partial charge in [-0.3, -0.25) is 4.40 Å². The summed E-state index contributed by atoms with van der Waals surface area (Å²) in [4.78, 5) is 5.35. The number of aromatic nitrogens is 6. The van der Waals surface area contributed by atoms with E-state index in [1.165, 1.54) is 11.3 Å². The van der Waals surface area contributed by atoms with E-state index in [0.717, 1.165) is 32.7 Å². The van der Waals surface area contributed by atoms with Crippen molar-refractivity contribution in [1.82, 2.24) is 29.2 Å². The standard InChI is InChI=1S/C27H20N6O4S/c1-34-19-9-22(20-11-24(37-23(20)10-19)21-13-33-26(29-21)38-27(31-33)35-2)36-14-16-4-3-5-17(8-16)18-6-7-25-30-28-15-32(25)12-18/h3-13,15H,14H2,1-2H3. The zero-order valence-electron chi connectivity index (χ0n) is 20.4. The lowest BCUT2D eigenvalue weighted by molar-refractivity contribution is 0.307. The van der Waals surface area contributed by atoms with Crippen molar-refractivity contribution < 1.29 is 18.6 Å². The van der Waals surface area contributed by atoms with Crippen LogP contribution in [0.5, 0.6) is 16.7 Å². The molecule has 7 rings (SSSR count). The maximum Gasteiger partial charge on any atom is 0.294 e. The lowest BCUT2D eigenvalue weighted by Crippen LogP contribution is -1.97. The molecule has 0 amide bonds. The van der Waals surface area contributed by atoms with Gasteiger partial charge < -0.3 is 18.6 Å². The summed E-state index contributed by atoms with van der Waals surface area (Å²) in [5, 5.41) is 13.7. The maximum absolute atomic E-state index is 6.30. The lowest BCUT2D eigenvalue weighted by Gasteiger charge is -2.10. The summed E-state index contributed by atoms with van der Waals surface area (Å²) in [5.74, 6) is 1.91. The fraction of sp³-hybridized carbons (Fsp3) is 0.111. The van der Waals surface area contributed by atoms with E-state index in [9.17, 15) is 0 Å². The van der Waals surface area contributed by atoms with Crippen molar-refractivity contribution in [2.45, 2.75) is 6.61 Å². The van der Waals surface area contributed by atoms with Crippen LogP contribution in [0.2, 0.25) is 0 Å². The highest BCUT2D eigenvalue weighted by Crippen LogP contribution is 2.37. The van der Waals surface area contributed by atoms with Gasteiger partial charge in [0.25, 0.3) is 5.19 Å². The number of methoxy groups -OCH3 is 2. The summed E-state index contributed by atoms with van der Waals surface area (Å²) < 4.78 is 26.7. The van der Waals surface area contributed by atoms with Gasteiger partial charge in [-0.05, 0) is 52.3 Å². The van der Waals surface area contributed by atoms with E-state index in [-0.39, 0.29) is 0 Å². The summed E-state index contributed by atoms with van der Waals surface area (Å²) in [7, 11) is 3.20. The number of pyridine rings is 1. The Morgan fingerprint density at radius 1 is 0.974 bits per heavy atom. The van der Waals surface area contributed by atoms with E-state index in [1.807, 2.05) is 59.3 Å². The van der Waals surface area contributed by atoms with Gasteiger partial charge in [0, 0.05) is 18.3 Å². The van der Waals surface area contributed by atoms with Crippen LogP contribution in [0, 0.1) is 0 Å². The molecule has 38 heavy (non-hydrogen) atoms. The van der Waals surface area contributed by atoms with Crippen LogP contribution in [-0.2, 0) is 6.61 Å². The molecule has 10 nitrogen and oxygen atoms in total. The first-order valence-electron chi connectivity index (χ1n) is 11.7. The van der Waals surface area contributed by atoms with E-state index in [2.05, 4.69) is 32.4 Å². The third kappa shape index (κ3) is 3.89. The lowest BCUT2D eigenvalue weighted by atomic mass is 10.1. The number of hydrogen-bond acceptors (Lipinski definition) is 9. The fourth-order valence-electron chi connectivity index (χ4n) is 4.33. The molecule has 7 aromatic rings. The number of ether oxygens (including phenoxy) is 3. The number of furan rings is 1. The van der Waals surface area contributed by atoms with Gasteiger partial charge in [0.1, 0.15) is 35.7 Å². The third-order valence-electron chi connectivity index (χ3n) is 6.21. The maximum atomic E-state index is 6.30. The van der Waals surface area contributed by atoms with Crippen LogP contribution >= 0.6 is 11.3 Å². The predicted molar refractivity (Wildman–Crippen MR) is 142 cm³/mol. The quantitative estimate of drug-likeness (QED) is 0.269. The van der Waals surface area contributed by atoms with E-state index in [0.29, 0.717) is 40.3 Å². The first kappa shape index (κ1) is 22.3. The Morgan fingerprint density at radius 2 is 1.92 bits per heavy atom. The summed E-state index contributed by atoms with van der Waals surface area (Å²) >= 11 is 1.36. The molecule has 0 spiro atoms. The largest absolute Gasteiger partial charge is 0.496 e. The molecule has 0 saturated heterocycles. The molecule has 0 aliphatic rings. The Balaban J connectivity index is 1.19. The molecule has 2 aromatic carbocycles. The van der Waals surface area contributed by atoms with Crippen molar-refractivity contribution in [2.24, 2.45) is 0 Å². The molecule has 188 valence electrons. The Labute approximate surface area is 219 Å². The molecular weight excluding hydrogens is 504 g/mol. The molecular formula is C27H20N6O4S. The van der Waals surface area contributed by atoms with E-state index in [4.69, 9.17) is 18.6 Å². The number of fused-ring (bicyclic) bond motifs is 3. The SMILES string of the molecule is COc1cc(OCc2cccc(-c3ccc4nncn4c3)c2)c2cc(-c3cn4nc(OC)sc4n3)oc2c1. The Morgan fingerprint density at radius 3 is 2.79 bits per heavy atom. The fourth-order valence-corrected chi connectivity index (χ4v) is 5.03. The summed E-state index contributed by atoms with van der Waals surface area (Å²) in [6, 6.07) is 17.9. The summed E-state index contributed by atoms with van der Waals surface area (Å²) in [6.45, 7) is 0.370. The molecule has 0 N–H and O–H groups in total. The molecule has 0 fully saturated rings. The molecule has 0 unspecified atom stereocenters. The van der Waals surface area contributed by atoms with Crippen molar-refractivity contribution in [2.75, 3.05) is 14.2 Å². The molecule has 5 aromatic heterocycles. The number of nitrogens with zero attached hydrogens (tertiary/aromatic N) is 6. The molecule has 11 heteroatoms.